The highest BCUT2D eigenvalue weighted by molar-refractivity contribution is 6.17. The summed E-state index contributed by atoms with van der Waals surface area (Å²) < 4.78 is 11.2. The number of amides is 2. The van der Waals surface area contributed by atoms with Crippen LogP contribution in [0.25, 0.3) is 11.0 Å². The van der Waals surface area contributed by atoms with Gasteiger partial charge in [-0.15, -0.1) is 0 Å². The first-order valence-electron chi connectivity index (χ1n) is 8.82. The summed E-state index contributed by atoms with van der Waals surface area (Å²) in [6, 6.07) is 14.0. The van der Waals surface area contributed by atoms with Gasteiger partial charge in [-0.3, -0.25) is 14.4 Å². The number of hydrogen-bond donors (Lipinski definition) is 2. The summed E-state index contributed by atoms with van der Waals surface area (Å²) in [6.45, 7) is 1.38. The zero-order valence-electron chi connectivity index (χ0n) is 15.4. The third-order valence-electron chi connectivity index (χ3n) is 4.14. The van der Waals surface area contributed by atoms with Crippen LogP contribution < -0.4 is 15.8 Å². The maximum Gasteiger partial charge on any atom is 0.258 e. The van der Waals surface area contributed by atoms with Gasteiger partial charge < -0.3 is 20.2 Å². The molecule has 1 aromatic heterocycles. The van der Waals surface area contributed by atoms with E-state index in [0.717, 1.165) is 5.39 Å². The first kappa shape index (κ1) is 19.2. The van der Waals surface area contributed by atoms with Gasteiger partial charge in [0.2, 0.25) is 5.91 Å². The number of fused-ring (bicyclic) bond motifs is 1. The van der Waals surface area contributed by atoms with E-state index in [1.807, 2.05) is 31.2 Å². The lowest BCUT2D eigenvalue weighted by atomic mass is 9.99. The Kier molecular flexibility index (Phi) is 5.74. The predicted molar refractivity (Wildman–Crippen MR) is 103 cm³/mol. The Balaban J connectivity index is 1.80. The third-order valence-corrected chi connectivity index (χ3v) is 4.14. The normalized spacial score (nSPS) is 10.6. The molecule has 3 N–H and O–H groups in total. The van der Waals surface area contributed by atoms with Crippen LogP contribution >= 0.6 is 0 Å². The van der Waals surface area contributed by atoms with Crippen molar-refractivity contribution in [2.75, 3.05) is 13.2 Å². The molecule has 2 amide bonds. The minimum Gasteiger partial charge on any atom is -0.484 e. The number of ketones is 1. The summed E-state index contributed by atoms with van der Waals surface area (Å²) in [5.41, 5.74) is 6.60. The van der Waals surface area contributed by atoms with Crippen molar-refractivity contribution in [2.45, 2.75) is 13.3 Å². The van der Waals surface area contributed by atoms with Gasteiger partial charge in [-0.05, 0) is 18.2 Å². The largest absolute Gasteiger partial charge is 0.484 e. The molecule has 3 aromatic rings. The van der Waals surface area contributed by atoms with Crippen molar-refractivity contribution in [3.63, 3.8) is 0 Å². The van der Waals surface area contributed by atoms with Gasteiger partial charge in [0.05, 0.1) is 12.1 Å². The molecular formula is C21H20N2O5. The lowest BCUT2D eigenvalue weighted by Gasteiger charge is -2.08. The smallest absolute Gasteiger partial charge is 0.258 e. The molecule has 3 rings (SSSR count). The SMILES string of the molecule is CCc1oc2ccccc2c1C(=O)c1cccc(OCC(=O)NCC(N)=O)c1. The van der Waals surface area contributed by atoms with Crippen LogP contribution in [0, 0.1) is 0 Å². The molecule has 0 saturated carbocycles. The zero-order valence-corrected chi connectivity index (χ0v) is 15.4. The van der Waals surface area contributed by atoms with Crippen LogP contribution in [0.2, 0.25) is 0 Å². The van der Waals surface area contributed by atoms with E-state index in [4.69, 9.17) is 14.9 Å². The predicted octanol–water partition coefficient (Wildman–Crippen LogP) is 2.21. The van der Waals surface area contributed by atoms with E-state index in [-0.39, 0.29) is 18.9 Å². The molecule has 28 heavy (non-hydrogen) atoms. The summed E-state index contributed by atoms with van der Waals surface area (Å²) in [5.74, 6) is -0.302. The van der Waals surface area contributed by atoms with Crippen molar-refractivity contribution in [1.82, 2.24) is 5.32 Å². The maximum atomic E-state index is 13.1. The second kappa shape index (κ2) is 8.39. The Labute approximate surface area is 161 Å². The number of carbonyl (C=O) groups excluding carboxylic acids is 3. The summed E-state index contributed by atoms with van der Waals surface area (Å²) in [4.78, 5) is 35.4. The molecule has 0 saturated heterocycles. The fourth-order valence-corrected chi connectivity index (χ4v) is 2.85. The van der Waals surface area contributed by atoms with E-state index in [0.29, 0.717) is 34.6 Å². The Morgan fingerprint density at radius 3 is 2.64 bits per heavy atom. The van der Waals surface area contributed by atoms with Crippen LogP contribution in [0.3, 0.4) is 0 Å². The van der Waals surface area contributed by atoms with Crippen molar-refractivity contribution in [1.29, 1.82) is 0 Å². The van der Waals surface area contributed by atoms with Crippen molar-refractivity contribution in [3.05, 3.63) is 65.4 Å². The lowest BCUT2D eigenvalue weighted by molar-refractivity contribution is -0.126. The standard InChI is InChI=1S/C21H20N2O5/c1-2-16-20(15-8-3-4-9-17(15)28-16)21(26)13-6-5-7-14(10-13)27-12-19(25)23-11-18(22)24/h3-10H,2,11-12H2,1H3,(H2,22,24)(H,23,25). The highest BCUT2D eigenvalue weighted by Gasteiger charge is 2.21. The van der Waals surface area contributed by atoms with Gasteiger partial charge in [0.1, 0.15) is 17.1 Å². The molecule has 0 unspecified atom stereocenters. The second-order valence-corrected chi connectivity index (χ2v) is 6.14. The Morgan fingerprint density at radius 1 is 1.11 bits per heavy atom. The lowest BCUT2D eigenvalue weighted by Crippen LogP contribution is -2.36. The van der Waals surface area contributed by atoms with E-state index >= 15 is 0 Å². The Morgan fingerprint density at radius 2 is 1.89 bits per heavy atom. The van der Waals surface area contributed by atoms with Gasteiger partial charge in [-0.25, -0.2) is 0 Å². The molecule has 0 bridgehead atoms. The van der Waals surface area contributed by atoms with Gasteiger partial charge in [-0.2, -0.15) is 0 Å². The van der Waals surface area contributed by atoms with Gasteiger partial charge in [0.15, 0.2) is 12.4 Å². The van der Waals surface area contributed by atoms with E-state index < -0.39 is 11.8 Å². The van der Waals surface area contributed by atoms with Crippen molar-refractivity contribution < 1.29 is 23.5 Å². The Bertz CT molecular complexity index is 1040. The molecule has 0 atom stereocenters. The average Bonchev–Trinajstić information content (AvgIpc) is 3.09. The minimum atomic E-state index is -0.639. The monoisotopic (exact) mass is 380 g/mol. The molecule has 0 fully saturated rings. The van der Waals surface area contributed by atoms with E-state index in [9.17, 15) is 14.4 Å². The molecule has 7 nitrogen and oxygen atoms in total. The van der Waals surface area contributed by atoms with Gasteiger partial charge >= 0.3 is 0 Å². The van der Waals surface area contributed by atoms with Crippen molar-refractivity contribution >= 4 is 28.6 Å². The average molecular weight is 380 g/mol. The molecule has 2 aromatic carbocycles. The second-order valence-electron chi connectivity index (χ2n) is 6.14. The molecule has 0 radical (unpaired) electrons. The first-order chi connectivity index (χ1) is 13.5. The number of benzene rings is 2. The van der Waals surface area contributed by atoms with Crippen molar-refractivity contribution in [3.8, 4) is 5.75 Å². The minimum absolute atomic E-state index is 0.176. The highest BCUT2D eigenvalue weighted by Crippen LogP contribution is 2.29. The van der Waals surface area contributed by atoms with Gasteiger partial charge in [0, 0.05) is 17.4 Å². The number of carbonyl (C=O) groups is 3. The topological polar surface area (TPSA) is 112 Å². The summed E-state index contributed by atoms with van der Waals surface area (Å²) in [6.07, 6.45) is 0.589. The van der Waals surface area contributed by atoms with Crippen LogP contribution in [-0.2, 0) is 16.0 Å². The van der Waals surface area contributed by atoms with E-state index in [1.165, 1.54) is 0 Å². The molecule has 1 heterocycles. The molecule has 0 spiro atoms. The third kappa shape index (κ3) is 4.20. The number of nitrogens with one attached hydrogen (secondary N) is 1. The number of rotatable bonds is 8. The fraction of sp³-hybridized carbons (Fsp3) is 0.190. The number of hydrogen-bond acceptors (Lipinski definition) is 5. The molecule has 0 aliphatic rings. The van der Waals surface area contributed by atoms with Gasteiger partial charge in [-0.1, -0.05) is 37.3 Å². The molecule has 7 heteroatoms. The van der Waals surface area contributed by atoms with E-state index in [2.05, 4.69) is 5.32 Å². The number of aryl methyl sites for hydroxylation is 1. The van der Waals surface area contributed by atoms with Crippen LogP contribution in [0.5, 0.6) is 5.75 Å². The van der Waals surface area contributed by atoms with Crippen LogP contribution in [-0.4, -0.2) is 30.7 Å². The maximum absolute atomic E-state index is 13.1. The summed E-state index contributed by atoms with van der Waals surface area (Å²) in [5, 5.41) is 3.09. The summed E-state index contributed by atoms with van der Waals surface area (Å²) in [7, 11) is 0. The van der Waals surface area contributed by atoms with Crippen molar-refractivity contribution in [2.24, 2.45) is 5.73 Å². The number of ether oxygens (including phenoxy) is 1. The van der Waals surface area contributed by atoms with Crippen LogP contribution in [0.15, 0.2) is 52.9 Å². The summed E-state index contributed by atoms with van der Waals surface area (Å²) >= 11 is 0. The quantitative estimate of drug-likeness (QED) is 0.582. The fourth-order valence-electron chi connectivity index (χ4n) is 2.85. The number of primary amides is 1. The van der Waals surface area contributed by atoms with Crippen LogP contribution in [0.4, 0.5) is 0 Å². The number of furan rings is 1. The first-order valence-corrected chi connectivity index (χ1v) is 8.82. The highest BCUT2D eigenvalue weighted by atomic mass is 16.5. The number of para-hydroxylation sites is 1. The molecule has 0 aliphatic heterocycles. The zero-order chi connectivity index (χ0) is 20.1. The molecule has 0 aliphatic carbocycles. The number of nitrogens with two attached hydrogens (primary N) is 1. The molecular weight excluding hydrogens is 360 g/mol. The van der Waals surface area contributed by atoms with E-state index in [1.54, 1.807) is 24.3 Å². The Hall–Kier alpha value is -3.61. The molecule has 144 valence electrons. The van der Waals surface area contributed by atoms with Gasteiger partial charge in [0.25, 0.3) is 5.91 Å². The van der Waals surface area contributed by atoms with Crippen LogP contribution in [0.1, 0.15) is 28.6 Å².